The Morgan fingerprint density at radius 3 is 2.37 bits per heavy atom. The molecule has 0 amide bonds. The summed E-state index contributed by atoms with van der Waals surface area (Å²) in [6.07, 6.45) is 8.20. The molecule has 0 aromatic rings. The molecule has 0 aromatic carbocycles. The highest BCUT2D eigenvalue weighted by atomic mass is 16.3. The number of aliphatic hydroxyl groups excluding tert-OH is 4. The van der Waals surface area contributed by atoms with E-state index < -0.39 is 0 Å². The van der Waals surface area contributed by atoms with E-state index in [1.165, 1.54) is 0 Å². The fourth-order valence-electron chi connectivity index (χ4n) is 8.99. The van der Waals surface area contributed by atoms with Crippen LogP contribution in [0, 0.1) is 46.3 Å². The van der Waals surface area contributed by atoms with Crippen LogP contribution in [0.25, 0.3) is 0 Å². The van der Waals surface area contributed by atoms with Crippen molar-refractivity contribution in [3.05, 3.63) is 0 Å². The first kappa shape index (κ1) is 23.0. The second-order valence-corrected chi connectivity index (χ2v) is 12.1. The molecule has 4 N–H and O–H groups in total. The van der Waals surface area contributed by atoms with Gasteiger partial charge in [0.2, 0.25) is 0 Å². The third kappa shape index (κ3) is 3.49. The van der Waals surface area contributed by atoms with Gasteiger partial charge < -0.3 is 20.4 Å². The molecule has 0 saturated heterocycles. The molecule has 4 fully saturated rings. The number of rotatable bonds is 5. The van der Waals surface area contributed by atoms with E-state index in [0.29, 0.717) is 29.6 Å². The van der Waals surface area contributed by atoms with Crippen LogP contribution in [0.15, 0.2) is 0 Å². The van der Waals surface area contributed by atoms with Crippen LogP contribution in [0.2, 0.25) is 0 Å². The van der Waals surface area contributed by atoms with Crippen LogP contribution in [-0.2, 0) is 0 Å². The number of fused-ring (bicyclic) bond motifs is 5. The van der Waals surface area contributed by atoms with Gasteiger partial charge in [0, 0.05) is 0 Å². The molecule has 174 valence electrons. The van der Waals surface area contributed by atoms with Crippen molar-refractivity contribution < 1.29 is 20.4 Å². The van der Waals surface area contributed by atoms with Gasteiger partial charge in [-0.3, -0.25) is 0 Å². The lowest BCUT2D eigenvalue weighted by atomic mass is 9.43. The van der Waals surface area contributed by atoms with Crippen molar-refractivity contribution in [1.29, 1.82) is 0 Å². The Labute approximate surface area is 183 Å². The van der Waals surface area contributed by atoms with Crippen LogP contribution in [0.5, 0.6) is 0 Å². The topological polar surface area (TPSA) is 80.9 Å². The predicted octanol–water partition coefficient (Wildman–Crippen LogP) is 4.14. The zero-order valence-corrected chi connectivity index (χ0v) is 19.6. The van der Waals surface area contributed by atoms with Gasteiger partial charge in [0.1, 0.15) is 0 Å². The highest BCUT2D eigenvalue weighted by Crippen LogP contribution is 2.68. The summed E-state index contributed by atoms with van der Waals surface area (Å²) in [5.41, 5.74) is 0.0104. The second-order valence-electron chi connectivity index (χ2n) is 12.1. The Morgan fingerprint density at radius 2 is 1.67 bits per heavy atom. The van der Waals surface area contributed by atoms with E-state index in [1.807, 2.05) is 6.92 Å². The van der Waals surface area contributed by atoms with Crippen molar-refractivity contribution in [1.82, 2.24) is 0 Å². The van der Waals surface area contributed by atoms with Crippen LogP contribution < -0.4 is 0 Å². The van der Waals surface area contributed by atoms with Gasteiger partial charge in [-0.1, -0.05) is 27.7 Å². The van der Waals surface area contributed by atoms with Crippen molar-refractivity contribution in [2.45, 2.75) is 116 Å². The smallest absolute Gasteiger partial charge is 0.0602 e. The Hall–Kier alpha value is -0.160. The Morgan fingerprint density at radius 1 is 0.933 bits per heavy atom. The SMILES string of the molecule is CC[C@@H](O)CC[C@@H](C)[C@H]1CC[C@H]2[C@@H]3[C@H](O)C[C@@H]4C[C@H](O)CC[C@]4(C)[C@@H]3C[C@H](O)[C@]12C. The molecule has 0 aliphatic heterocycles. The molecule has 0 aromatic heterocycles. The van der Waals surface area contributed by atoms with Crippen molar-refractivity contribution in [2.24, 2.45) is 46.3 Å². The van der Waals surface area contributed by atoms with Gasteiger partial charge in [0.05, 0.1) is 24.4 Å². The maximum Gasteiger partial charge on any atom is 0.0602 e. The Bertz CT molecular complexity index is 610. The summed E-state index contributed by atoms with van der Waals surface area (Å²) in [6.45, 7) is 9.06. The molecule has 0 radical (unpaired) electrons. The Kier molecular flexibility index (Phi) is 6.38. The zero-order chi connectivity index (χ0) is 21.8. The van der Waals surface area contributed by atoms with E-state index in [9.17, 15) is 20.4 Å². The molecule has 4 nitrogen and oxygen atoms in total. The summed E-state index contributed by atoms with van der Waals surface area (Å²) in [5, 5.41) is 43.2. The molecule has 4 aliphatic carbocycles. The Balaban J connectivity index is 1.57. The molecular weight excluding hydrogens is 376 g/mol. The van der Waals surface area contributed by atoms with Gasteiger partial charge in [0.25, 0.3) is 0 Å². The van der Waals surface area contributed by atoms with E-state index in [-0.39, 0.29) is 41.2 Å². The van der Waals surface area contributed by atoms with Crippen LogP contribution in [-0.4, -0.2) is 44.8 Å². The minimum absolute atomic E-state index is 0.129. The summed E-state index contributed by atoms with van der Waals surface area (Å²) in [6, 6.07) is 0. The van der Waals surface area contributed by atoms with Crippen molar-refractivity contribution in [3.63, 3.8) is 0 Å². The second kappa shape index (κ2) is 8.32. The third-order valence-electron chi connectivity index (χ3n) is 10.9. The molecule has 0 unspecified atom stereocenters. The lowest BCUT2D eigenvalue weighted by Crippen LogP contribution is -2.62. The predicted molar refractivity (Wildman–Crippen MR) is 119 cm³/mol. The van der Waals surface area contributed by atoms with Crippen molar-refractivity contribution in [2.75, 3.05) is 0 Å². The normalized spacial score (nSPS) is 52.8. The van der Waals surface area contributed by atoms with Crippen LogP contribution in [0.3, 0.4) is 0 Å². The monoisotopic (exact) mass is 422 g/mol. The summed E-state index contributed by atoms with van der Waals surface area (Å²) < 4.78 is 0. The fraction of sp³-hybridized carbons (Fsp3) is 1.00. The number of aliphatic hydroxyl groups is 4. The van der Waals surface area contributed by atoms with Gasteiger partial charge in [-0.25, -0.2) is 0 Å². The number of hydrogen-bond donors (Lipinski definition) is 4. The molecule has 4 rings (SSSR count). The van der Waals surface area contributed by atoms with E-state index in [4.69, 9.17) is 0 Å². The molecule has 4 heteroatoms. The first-order chi connectivity index (χ1) is 14.1. The minimum atomic E-state index is -0.315. The van der Waals surface area contributed by atoms with Gasteiger partial charge in [-0.05, 0) is 111 Å². The van der Waals surface area contributed by atoms with E-state index >= 15 is 0 Å². The molecule has 0 bridgehead atoms. The van der Waals surface area contributed by atoms with Gasteiger partial charge >= 0.3 is 0 Å². The largest absolute Gasteiger partial charge is 0.393 e. The fourth-order valence-corrected chi connectivity index (χ4v) is 8.99. The molecule has 0 heterocycles. The van der Waals surface area contributed by atoms with Crippen LogP contribution >= 0.6 is 0 Å². The summed E-state index contributed by atoms with van der Waals surface area (Å²) >= 11 is 0. The first-order valence-corrected chi connectivity index (χ1v) is 12.8. The molecular formula is C26H46O4. The average molecular weight is 423 g/mol. The van der Waals surface area contributed by atoms with Crippen molar-refractivity contribution in [3.8, 4) is 0 Å². The van der Waals surface area contributed by atoms with E-state index in [1.54, 1.807) is 0 Å². The van der Waals surface area contributed by atoms with Gasteiger partial charge in [-0.2, -0.15) is 0 Å². The van der Waals surface area contributed by atoms with Crippen molar-refractivity contribution >= 4 is 0 Å². The quantitative estimate of drug-likeness (QED) is 0.537. The van der Waals surface area contributed by atoms with Gasteiger partial charge in [0.15, 0.2) is 0 Å². The molecule has 4 aliphatic rings. The van der Waals surface area contributed by atoms with Crippen LogP contribution in [0.4, 0.5) is 0 Å². The average Bonchev–Trinajstić information content (AvgIpc) is 3.06. The lowest BCUT2D eigenvalue weighted by molar-refractivity contribution is -0.207. The van der Waals surface area contributed by atoms with Crippen LogP contribution in [0.1, 0.15) is 91.9 Å². The molecule has 30 heavy (non-hydrogen) atoms. The lowest BCUT2D eigenvalue weighted by Gasteiger charge is -2.63. The molecule has 4 saturated carbocycles. The maximum atomic E-state index is 11.6. The zero-order valence-electron chi connectivity index (χ0n) is 19.6. The maximum absolute atomic E-state index is 11.6. The highest BCUT2D eigenvalue weighted by Gasteiger charge is 2.65. The van der Waals surface area contributed by atoms with Gasteiger partial charge in [-0.15, -0.1) is 0 Å². The minimum Gasteiger partial charge on any atom is -0.393 e. The summed E-state index contributed by atoms with van der Waals surface area (Å²) in [7, 11) is 0. The first-order valence-electron chi connectivity index (χ1n) is 12.8. The third-order valence-corrected chi connectivity index (χ3v) is 10.9. The highest BCUT2D eigenvalue weighted by molar-refractivity contribution is 5.14. The molecule has 0 spiro atoms. The number of hydrogen-bond acceptors (Lipinski definition) is 4. The molecule has 12 atom stereocenters. The van der Waals surface area contributed by atoms with E-state index in [2.05, 4.69) is 20.8 Å². The summed E-state index contributed by atoms with van der Waals surface area (Å²) in [4.78, 5) is 0. The summed E-state index contributed by atoms with van der Waals surface area (Å²) in [5.74, 6) is 2.36. The standard InChI is InChI=1S/C26H46O4/c1-5-17(27)7-6-15(2)19-8-9-20-24-21(14-23(30)26(19,20)4)25(3)11-10-18(28)12-16(25)13-22(24)29/h15-24,27-30H,5-14H2,1-4H3/t15-,16+,17-,18-,19-,20+,21-,22-,23+,24+,25+,26-/m1/s1. The van der Waals surface area contributed by atoms with E-state index in [0.717, 1.165) is 64.2 Å².